The first-order valence-corrected chi connectivity index (χ1v) is 8.67. The van der Waals surface area contributed by atoms with Gasteiger partial charge in [-0.2, -0.15) is 0 Å². The van der Waals surface area contributed by atoms with E-state index in [2.05, 4.69) is 5.32 Å². The van der Waals surface area contributed by atoms with E-state index in [0.29, 0.717) is 16.1 Å². The van der Waals surface area contributed by atoms with E-state index in [4.69, 9.17) is 4.74 Å². The fourth-order valence-corrected chi connectivity index (χ4v) is 2.65. The number of esters is 1. The molecule has 2 aromatic rings. The van der Waals surface area contributed by atoms with Gasteiger partial charge in [0.15, 0.2) is 12.4 Å². The molecular weight excluding hydrogens is 338 g/mol. The molecule has 1 heterocycles. The number of carbonyl (C=O) groups excluding carboxylic acids is 3. The molecule has 1 N–H and O–H groups in total. The summed E-state index contributed by atoms with van der Waals surface area (Å²) in [6.45, 7) is 7.05. The van der Waals surface area contributed by atoms with Crippen LogP contribution in [0.4, 0.5) is 5.69 Å². The van der Waals surface area contributed by atoms with Crippen LogP contribution in [0.25, 0.3) is 0 Å². The number of amides is 1. The predicted octanol–water partition coefficient (Wildman–Crippen LogP) is 4.08. The van der Waals surface area contributed by atoms with E-state index in [0.717, 1.165) is 4.88 Å². The van der Waals surface area contributed by atoms with E-state index in [1.807, 2.05) is 33.8 Å². The van der Waals surface area contributed by atoms with Crippen LogP contribution in [0.5, 0.6) is 0 Å². The Labute approximate surface area is 151 Å². The second-order valence-electron chi connectivity index (χ2n) is 6.69. The predicted molar refractivity (Wildman–Crippen MR) is 98.2 cm³/mol. The summed E-state index contributed by atoms with van der Waals surface area (Å²) in [7, 11) is 0. The Kier molecular flexibility index (Phi) is 5.74. The van der Waals surface area contributed by atoms with Crippen molar-refractivity contribution in [2.45, 2.75) is 27.7 Å². The zero-order chi connectivity index (χ0) is 18.6. The van der Waals surface area contributed by atoms with Crippen molar-refractivity contribution in [2.75, 3.05) is 11.9 Å². The lowest BCUT2D eigenvalue weighted by atomic mass is 9.95. The Balaban J connectivity index is 1.92. The molecule has 1 aromatic carbocycles. The van der Waals surface area contributed by atoms with Gasteiger partial charge >= 0.3 is 5.97 Å². The van der Waals surface area contributed by atoms with Crippen LogP contribution < -0.4 is 5.32 Å². The molecule has 0 radical (unpaired) electrons. The minimum Gasteiger partial charge on any atom is -0.453 e. The number of thiophene rings is 1. The topological polar surface area (TPSA) is 72.5 Å². The highest BCUT2D eigenvalue weighted by Crippen LogP contribution is 2.18. The number of nitrogens with one attached hydrogen (secondary N) is 1. The highest BCUT2D eigenvalue weighted by molar-refractivity contribution is 7.13. The van der Waals surface area contributed by atoms with Gasteiger partial charge < -0.3 is 10.1 Å². The molecule has 0 unspecified atom stereocenters. The summed E-state index contributed by atoms with van der Waals surface area (Å²) < 4.78 is 5.05. The number of benzene rings is 1. The molecule has 0 aliphatic carbocycles. The van der Waals surface area contributed by atoms with Crippen molar-refractivity contribution in [3.8, 4) is 0 Å². The van der Waals surface area contributed by atoms with Crippen molar-refractivity contribution in [3.05, 3.63) is 51.7 Å². The summed E-state index contributed by atoms with van der Waals surface area (Å²) in [4.78, 5) is 37.4. The average molecular weight is 359 g/mol. The fourth-order valence-electron chi connectivity index (χ4n) is 1.89. The minimum atomic E-state index is -0.500. The zero-order valence-electron chi connectivity index (χ0n) is 14.7. The van der Waals surface area contributed by atoms with Gasteiger partial charge in [-0.15, -0.1) is 11.3 Å². The summed E-state index contributed by atoms with van der Waals surface area (Å²) in [6.07, 6.45) is 0. The highest BCUT2D eigenvalue weighted by atomic mass is 32.1. The highest BCUT2D eigenvalue weighted by Gasteiger charge is 2.21. The van der Waals surface area contributed by atoms with Gasteiger partial charge in [-0.25, -0.2) is 4.79 Å². The molecule has 0 atom stereocenters. The van der Waals surface area contributed by atoms with Crippen LogP contribution in [-0.2, 0) is 9.53 Å². The number of hydrogen-bond acceptors (Lipinski definition) is 5. The maximum absolute atomic E-state index is 12.1. The molecule has 0 fully saturated rings. The Morgan fingerprint density at radius 2 is 1.68 bits per heavy atom. The fraction of sp³-hybridized carbons (Fsp3) is 0.316. The first-order valence-electron chi connectivity index (χ1n) is 7.85. The van der Waals surface area contributed by atoms with Gasteiger partial charge in [-0.05, 0) is 43.3 Å². The monoisotopic (exact) mass is 359 g/mol. The standard InChI is InChI=1S/C19H21NO4S/c1-12-5-10-16(25-12)17(22)24-11-15(21)13-6-8-14(9-7-13)20-18(23)19(2,3)4/h5-10H,11H2,1-4H3,(H,20,23). The molecule has 1 aromatic heterocycles. The van der Waals surface area contributed by atoms with Crippen LogP contribution in [0.15, 0.2) is 36.4 Å². The summed E-state index contributed by atoms with van der Waals surface area (Å²) in [5, 5.41) is 2.79. The number of anilines is 1. The first kappa shape index (κ1) is 18.9. The third-order valence-corrected chi connectivity index (χ3v) is 4.40. The van der Waals surface area contributed by atoms with Gasteiger partial charge in [0, 0.05) is 21.5 Å². The van der Waals surface area contributed by atoms with Gasteiger partial charge in [0.05, 0.1) is 0 Å². The molecule has 5 nitrogen and oxygen atoms in total. The Morgan fingerprint density at radius 1 is 1.04 bits per heavy atom. The number of ketones is 1. The molecule has 0 saturated heterocycles. The molecule has 0 aliphatic rings. The molecule has 0 aliphatic heterocycles. The smallest absolute Gasteiger partial charge is 0.348 e. The lowest BCUT2D eigenvalue weighted by molar-refractivity contribution is -0.123. The van der Waals surface area contributed by atoms with Crippen LogP contribution in [0.3, 0.4) is 0 Å². The van der Waals surface area contributed by atoms with Crippen molar-refractivity contribution in [1.82, 2.24) is 0 Å². The largest absolute Gasteiger partial charge is 0.453 e. The second-order valence-corrected chi connectivity index (χ2v) is 7.98. The van der Waals surface area contributed by atoms with E-state index < -0.39 is 11.4 Å². The lowest BCUT2D eigenvalue weighted by Crippen LogP contribution is -2.27. The Bertz CT molecular complexity index is 785. The van der Waals surface area contributed by atoms with E-state index >= 15 is 0 Å². The Hall–Kier alpha value is -2.47. The number of rotatable bonds is 5. The zero-order valence-corrected chi connectivity index (χ0v) is 15.5. The molecule has 132 valence electrons. The van der Waals surface area contributed by atoms with Gasteiger partial charge in [0.25, 0.3) is 0 Å². The number of hydrogen-bond donors (Lipinski definition) is 1. The number of ether oxygens (including phenoxy) is 1. The third kappa shape index (κ3) is 5.26. The first-order chi connectivity index (χ1) is 11.7. The molecule has 0 bridgehead atoms. The average Bonchev–Trinajstić information content (AvgIpc) is 2.98. The summed E-state index contributed by atoms with van der Waals surface area (Å²) in [5.74, 6) is -0.900. The van der Waals surface area contributed by atoms with Crippen molar-refractivity contribution < 1.29 is 19.1 Å². The van der Waals surface area contributed by atoms with E-state index in [9.17, 15) is 14.4 Å². The molecule has 0 spiro atoms. The molecule has 0 saturated carbocycles. The van der Waals surface area contributed by atoms with Crippen LogP contribution in [0.2, 0.25) is 0 Å². The summed E-state index contributed by atoms with van der Waals surface area (Å²) in [6, 6.07) is 10.0. The van der Waals surface area contributed by atoms with E-state index in [-0.39, 0.29) is 18.3 Å². The van der Waals surface area contributed by atoms with Crippen LogP contribution in [0.1, 0.15) is 45.7 Å². The molecule has 6 heteroatoms. The number of carbonyl (C=O) groups is 3. The molecule has 2 rings (SSSR count). The quantitative estimate of drug-likeness (QED) is 0.645. The van der Waals surface area contributed by atoms with Crippen molar-refractivity contribution in [3.63, 3.8) is 0 Å². The molecule has 1 amide bonds. The Morgan fingerprint density at radius 3 is 2.20 bits per heavy atom. The van der Waals surface area contributed by atoms with Crippen LogP contribution in [-0.4, -0.2) is 24.3 Å². The lowest BCUT2D eigenvalue weighted by Gasteiger charge is -2.17. The SMILES string of the molecule is Cc1ccc(C(=O)OCC(=O)c2ccc(NC(=O)C(C)(C)C)cc2)s1. The molecule has 25 heavy (non-hydrogen) atoms. The number of Topliss-reactive ketones (excluding diaryl/α,β-unsaturated/α-hetero) is 1. The van der Waals surface area contributed by atoms with Crippen molar-refractivity contribution >= 4 is 34.7 Å². The van der Waals surface area contributed by atoms with E-state index in [1.54, 1.807) is 30.3 Å². The molecular formula is C19H21NO4S. The van der Waals surface area contributed by atoms with Crippen LogP contribution in [0, 0.1) is 12.3 Å². The van der Waals surface area contributed by atoms with Gasteiger partial charge in [0.2, 0.25) is 5.91 Å². The van der Waals surface area contributed by atoms with Crippen LogP contribution >= 0.6 is 11.3 Å². The summed E-state index contributed by atoms with van der Waals surface area (Å²) >= 11 is 1.33. The summed E-state index contributed by atoms with van der Waals surface area (Å²) in [5.41, 5.74) is 0.537. The van der Waals surface area contributed by atoms with Gasteiger partial charge in [-0.1, -0.05) is 20.8 Å². The normalized spacial score (nSPS) is 11.0. The van der Waals surface area contributed by atoms with Crippen molar-refractivity contribution in [2.24, 2.45) is 5.41 Å². The third-order valence-electron chi connectivity index (χ3n) is 3.42. The van der Waals surface area contributed by atoms with Gasteiger partial charge in [0.1, 0.15) is 4.88 Å². The second kappa shape index (κ2) is 7.61. The minimum absolute atomic E-state index is 0.105. The van der Waals surface area contributed by atoms with E-state index in [1.165, 1.54) is 11.3 Å². The van der Waals surface area contributed by atoms with Crippen molar-refractivity contribution in [1.29, 1.82) is 0 Å². The maximum atomic E-state index is 12.1. The maximum Gasteiger partial charge on any atom is 0.348 e. The van der Waals surface area contributed by atoms with Gasteiger partial charge in [-0.3, -0.25) is 9.59 Å². The number of aryl methyl sites for hydroxylation is 1.